The minimum atomic E-state index is 0.264. The molecule has 25 heavy (non-hydrogen) atoms. The highest BCUT2D eigenvalue weighted by atomic mass is 15.1. The van der Waals surface area contributed by atoms with E-state index in [0.29, 0.717) is 0 Å². The van der Waals surface area contributed by atoms with Crippen LogP contribution in [0.25, 0.3) is 22.9 Å². The first kappa shape index (κ1) is 16.0. The van der Waals surface area contributed by atoms with Crippen LogP contribution in [-0.4, -0.2) is 7.05 Å². The molecule has 0 saturated heterocycles. The highest BCUT2D eigenvalue weighted by Gasteiger charge is 2.21. The first-order valence-electron chi connectivity index (χ1n) is 8.99. The lowest BCUT2D eigenvalue weighted by Gasteiger charge is -2.26. The Bertz CT molecular complexity index is 973. The zero-order chi connectivity index (χ0) is 17.6. The smallest absolute Gasteiger partial charge is 0.0561 e. The van der Waals surface area contributed by atoms with Crippen LogP contribution in [-0.2, 0) is 6.42 Å². The number of fused-ring (bicyclic) bond motifs is 4. The van der Waals surface area contributed by atoms with Crippen LogP contribution in [0.3, 0.4) is 0 Å². The van der Waals surface area contributed by atoms with Gasteiger partial charge in [-0.2, -0.15) is 0 Å². The highest BCUT2D eigenvalue weighted by Crippen LogP contribution is 2.42. The number of nitrogens with zero attached hydrogens (tertiary/aromatic N) is 1. The summed E-state index contributed by atoms with van der Waals surface area (Å²) >= 11 is 0. The molecule has 0 unspecified atom stereocenters. The monoisotopic (exact) mass is 327 g/mol. The lowest BCUT2D eigenvalue weighted by molar-refractivity contribution is 0.412. The van der Waals surface area contributed by atoms with Gasteiger partial charge in [0.25, 0.3) is 0 Å². The third-order valence-electron chi connectivity index (χ3n) is 4.93. The van der Waals surface area contributed by atoms with Crippen LogP contribution in [0.2, 0.25) is 0 Å². The van der Waals surface area contributed by atoms with E-state index < -0.39 is 0 Å². The van der Waals surface area contributed by atoms with Gasteiger partial charge in [-0.05, 0) is 46.0 Å². The summed E-state index contributed by atoms with van der Waals surface area (Å²) in [6.07, 6.45) is 5.59. The average Bonchev–Trinajstić information content (AvgIpc) is 2.71. The van der Waals surface area contributed by atoms with Gasteiger partial charge >= 0.3 is 0 Å². The van der Waals surface area contributed by atoms with Gasteiger partial charge in [-0.1, -0.05) is 75.4 Å². The standard InChI is InChI=1S/C24H25N/c1-24(2,3)16-19-15-18-14-13-17-9-5-8-12-22(17)25(4)23(18)21-11-7-6-10-20(19)21/h5-15H,16H2,1-4H3. The van der Waals surface area contributed by atoms with Crippen molar-refractivity contribution < 1.29 is 0 Å². The number of anilines is 2. The quantitative estimate of drug-likeness (QED) is 0.482. The van der Waals surface area contributed by atoms with E-state index in [-0.39, 0.29) is 5.41 Å². The van der Waals surface area contributed by atoms with E-state index in [1.165, 1.54) is 38.8 Å². The topological polar surface area (TPSA) is 3.24 Å². The molecule has 0 fully saturated rings. The zero-order valence-electron chi connectivity index (χ0n) is 15.5. The first-order valence-corrected chi connectivity index (χ1v) is 8.99. The Kier molecular flexibility index (Phi) is 3.68. The molecule has 0 atom stereocenters. The Morgan fingerprint density at radius 2 is 1.44 bits per heavy atom. The normalized spacial score (nSPS) is 13.5. The number of hydrogen-bond donors (Lipinski definition) is 0. The Labute approximate surface area is 150 Å². The molecule has 1 aliphatic heterocycles. The van der Waals surface area contributed by atoms with E-state index in [9.17, 15) is 0 Å². The highest BCUT2D eigenvalue weighted by molar-refractivity contribution is 6.04. The molecule has 126 valence electrons. The Hall–Kier alpha value is -2.54. The molecule has 1 nitrogen and oxygen atoms in total. The van der Waals surface area contributed by atoms with Gasteiger partial charge in [0.2, 0.25) is 0 Å². The summed E-state index contributed by atoms with van der Waals surface area (Å²) < 4.78 is 0. The predicted octanol–water partition coefficient (Wildman–Crippen LogP) is 6.68. The van der Waals surface area contributed by atoms with E-state index in [2.05, 4.69) is 99.5 Å². The van der Waals surface area contributed by atoms with E-state index in [0.717, 1.165) is 6.42 Å². The van der Waals surface area contributed by atoms with Crippen LogP contribution in [0.4, 0.5) is 11.4 Å². The average molecular weight is 327 g/mol. The van der Waals surface area contributed by atoms with Gasteiger partial charge < -0.3 is 4.90 Å². The summed E-state index contributed by atoms with van der Waals surface area (Å²) in [6.45, 7) is 6.93. The van der Waals surface area contributed by atoms with Crippen LogP contribution in [0.5, 0.6) is 0 Å². The third kappa shape index (κ3) is 2.84. The van der Waals surface area contributed by atoms with Gasteiger partial charge in [0.15, 0.2) is 0 Å². The molecule has 0 aliphatic carbocycles. The molecular weight excluding hydrogens is 302 g/mol. The van der Waals surface area contributed by atoms with Crippen LogP contribution in [0, 0.1) is 5.41 Å². The summed E-state index contributed by atoms with van der Waals surface area (Å²) in [4.78, 5) is 2.34. The SMILES string of the molecule is CN1c2ccccc2C=Cc2cc(CC(C)(C)C)c3ccccc3c21. The summed E-state index contributed by atoms with van der Waals surface area (Å²) in [5.41, 5.74) is 6.83. The van der Waals surface area contributed by atoms with Crippen molar-refractivity contribution in [3.63, 3.8) is 0 Å². The molecule has 1 heteroatoms. The van der Waals surface area contributed by atoms with Crippen molar-refractivity contribution in [1.82, 2.24) is 0 Å². The van der Waals surface area contributed by atoms with Crippen molar-refractivity contribution in [1.29, 1.82) is 0 Å². The fourth-order valence-electron chi connectivity index (χ4n) is 3.91. The van der Waals surface area contributed by atoms with Gasteiger partial charge in [-0.25, -0.2) is 0 Å². The molecule has 0 amide bonds. The minimum Gasteiger partial charge on any atom is -0.343 e. The van der Waals surface area contributed by atoms with Crippen LogP contribution in [0.1, 0.15) is 37.5 Å². The number of para-hydroxylation sites is 1. The van der Waals surface area contributed by atoms with E-state index >= 15 is 0 Å². The first-order chi connectivity index (χ1) is 11.9. The molecular formula is C24H25N. The molecule has 0 N–H and O–H groups in total. The van der Waals surface area contributed by atoms with Gasteiger partial charge in [-0.3, -0.25) is 0 Å². The number of benzene rings is 3. The molecule has 0 aromatic heterocycles. The Balaban J connectivity index is 2.01. The fourth-order valence-corrected chi connectivity index (χ4v) is 3.91. The van der Waals surface area contributed by atoms with Crippen molar-refractivity contribution in [2.45, 2.75) is 27.2 Å². The molecule has 0 spiro atoms. The molecule has 0 saturated carbocycles. The van der Waals surface area contributed by atoms with Crippen molar-refractivity contribution in [3.05, 3.63) is 71.3 Å². The van der Waals surface area contributed by atoms with Gasteiger partial charge in [0.1, 0.15) is 0 Å². The molecule has 3 aromatic carbocycles. The van der Waals surface area contributed by atoms with E-state index in [1.54, 1.807) is 0 Å². The maximum absolute atomic E-state index is 2.39. The number of rotatable bonds is 1. The summed E-state index contributed by atoms with van der Waals surface area (Å²) in [6, 6.07) is 19.8. The molecule has 1 heterocycles. The van der Waals surface area contributed by atoms with Crippen molar-refractivity contribution >= 4 is 34.3 Å². The molecule has 0 radical (unpaired) electrons. The van der Waals surface area contributed by atoms with Crippen molar-refractivity contribution in [2.24, 2.45) is 5.41 Å². The zero-order valence-corrected chi connectivity index (χ0v) is 15.5. The van der Waals surface area contributed by atoms with Crippen LogP contribution >= 0.6 is 0 Å². The maximum Gasteiger partial charge on any atom is 0.0561 e. The van der Waals surface area contributed by atoms with E-state index in [1.807, 2.05) is 0 Å². The largest absolute Gasteiger partial charge is 0.343 e. The third-order valence-corrected chi connectivity index (χ3v) is 4.93. The van der Waals surface area contributed by atoms with Crippen LogP contribution < -0.4 is 4.90 Å². The molecule has 0 bridgehead atoms. The molecule has 1 aliphatic rings. The molecule has 4 rings (SSSR count). The second-order valence-corrected chi connectivity index (χ2v) is 8.21. The van der Waals surface area contributed by atoms with Crippen LogP contribution in [0.15, 0.2) is 54.6 Å². The Morgan fingerprint density at radius 3 is 2.20 bits per heavy atom. The van der Waals surface area contributed by atoms with Crippen molar-refractivity contribution in [2.75, 3.05) is 11.9 Å². The lowest BCUT2D eigenvalue weighted by atomic mass is 9.84. The van der Waals surface area contributed by atoms with Gasteiger partial charge in [0, 0.05) is 18.1 Å². The van der Waals surface area contributed by atoms with Gasteiger partial charge in [-0.15, -0.1) is 0 Å². The summed E-state index contributed by atoms with van der Waals surface area (Å²) in [5.74, 6) is 0. The molecule has 3 aromatic rings. The van der Waals surface area contributed by atoms with Gasteiger partial charge in [0.05, 0.1) is 5.69 Å². The summed E-state index contributed by atoms with van der Waals surface area (Å²) in [5, 5.41) is 2.71. The van der Waals surface area contributed by atoms with Crippen molar-refractivity contribution in [3.8, 4) is 0 Å². The fraction of sp³-hybridized carbons (Fsp3) is 0.250. The Morgan fingerprint density at radius 1 is 0.800 bits per heavy atom. The number of hydrogen-bond acceptors (Lipinski definition) is 1. The maximum atomic E-state index is 2.39. The predicted molar refractivity (Wildman–Crippen MR) is 111 cm³/mol. The summed E-state index contributed by atoms with van der Waals surface area (Å²) in [7, 11) is 2.18. The second kappa shape index (κ2) is 5.77. The van der Waals surface area contributed by atoms with E-state index in [4.69, 9.17) is 0 Å². The second-order valence-electron chi connectivity index (χ2n) is 8.21. The minimum absolute atomic E-state index is 0.264. The lowest BCUT2D eigenvalue weighted by Crippen LogP contribution is -2.14.